The van der Waals surface area contributed by atoms with E-state index in [1.54, 1.807) is 11.8 Å². The molecule has 1 aromatic carbocycles. The van der Waals surface area contributed by atoms with Gasteiger partial charge in [-0.25, -0.2) is 4.79 Å². The minimum absolute atomic E-state index is 0.141. The Morgan fingerprint density at radius 1 is 1.25 bits per heavy atom. The quantitative estimate of drug-likeness (QED) is 0.800. The summed E-state index contributed by atoms with van der Waals surface area (Å²) < 4.78 is 5.61. The predicted molar refractivity (Wildman–Crippen MR) is 99.8 cm³/mol. The van der Waals surface area contributed by atoms with Crippen LogP contribution in [0.4, 0.5) is 10.5 Å². The second-order valence-electron chi connectivity index (χ2n) is 7.82. The summed E-state index contributed by atoms with van der Waals surface area (Å²) in [5.74, 6) is 0. The molecule has 2 aliphatic rings. The number of rotatable bonds is 3. The number of hydrogen-bond donors (Lipinski definition) is 1. The Kier molecular flexibility index (Phi) is 5.00. The molecule has 0 saturated carbocycles. The van der Waals surface area contributed by atoms with Gasteiger partial charge in [-0.2, -0.15) is 0 Å². The van der Waals surface area contributed by atoms with Crippen molar-refractivity contribution in [3.05, 3.63) is 24.3 Å². The molecule has 0 spiro atoms. The van der Waals surface area contributed by atoms with Crippen molar-refractivity contribution >= 4 is 23.5 Å². The highest BCUT2D eigenvalue weighted by Gasteiger charge is 2.44. The standard InChI is InChI=1S/C19H28N2O2S/c1-19(2,3)23-18(22)21-15-8-9-16(21)11-14(10-15)20-13-6-5-7-17(12-13)24-4/h5-7,12,14-16,20H,8-11H2,1-4H3. The summed E-state index contributed by atoms with van der Waals surface area (Å²) in [6.07, 6.45) is 6.13. The zero-order valence-electron chi connectivity index (χ0n) is 15.0. The van der Waals surface area contributed by atoms with Gasteiger partial charge in [0.2, 0.25) is 0 Å². The highest BCUT2D eigenvalue weighted by Crippen LogP contribution is 2.38. The Morgan fingerprint density at radius 2 is 1.92 bits per heavy atom. The number of fused-ring (bicyclic) bond motifs is 2. The number of piperidine rings is 1. The molecule has 1 aromatic rings. The summed E-state index contributed by atoms with van der Waals surface area (Å²) in [6.45, 7) is 5.79. The molecule has 0 radical (unpaired) electrons. The summed E-state index contributed by atoms with van der Waals surface area (Å²) in [6, 6.07) is 9.59. The van der Waals surface area contributed by atoms with Gasteiger partial charge in [-0.05, 0) is 70.9 Å². The molecule has 2 aliphatic heterocycles. The third-order valence-corrected chi connectivity index (χ3v) is 5.50. The van der Waals surface area contributed by atoms with E-state index in [9.17, 15) is 4.79 Å². The zero-order chi connectivity index (χ0) is 17.3. The summed E-state index contributed by atoms with van der Waals surface area (Å²) in [7, 11) is 0. The molecule has 5 heteroatoms. The Hall–Kier alpha value is -1.36. The molecule has 0 aliphatic carbocycles. The van der Waals surface area contributed by atoms with Gasteiger partial charge in [-0.15, -0.1) is 11.8 Å². The van der Waals surface area contributed by atoms with Crippen LogP contribution in [0.15, 0.2) is 29.2 Å². The summed E-state index contributed by atoms with van der Waals surface area (Å²) in [5.41, 5.74) is 0.751. The summed E-state index contributed by atoms with van der Waals surface area (Å²) in [4.78, 5) is 15.8. The number of thioether (sulfide) groups is 1. The number of benzene rings is 1. The third kappa shape index (κ3) is 4.00. The average molecular weight is 349 g/mol. The number of carbonyl (C=O) groups excluding carboxylic acids is 1. The Bertz CT molecular complexity index is 585. The first-order valence-corrected chi connectivity index (χ1v) is 10.00. The monoisotopic (exact) mass is 348 g/mol. The lowest BCUT2D eigenvalue weighted by molar-refractivity contribution is 0.00684. The van der Waals surface area contributed by atoms with Crippen molar-refractivity contribution in [2.45, 2.75) is 75.1 Å². The number of anilines is 1. The molecule has 3 rings (SSSR count). The van der Waals surface area contributed by atoms with Gasteiger partial charge in [0.1, 0.15) is 5.60 Å². The highest BCUT2D eigenvalue weighted by molar-refractivity contribution is 7.98. The number of nitrogens with one attached hydrogen (secondary N) is 1. The van der Waals surface area contributed by atoms with E-state index in [-0.39, 0.29) is 6.09 Å². The van der Waals surface area contributed by atoms with E-state index in [0.717, 1.165) is 25.7 Å². The van der Waals surface area contributed by atoms with E-state index in [1.165, 1.54) is 10.6 Å². The zero-order valence-corrected chi connectivity index (χ0v) is 15.9. The van der Waals surface area contributed by atoms with Gasteiger partial charge in [0, 0.05) is 28.7 Å². The molecule has 4 nitrogen and oxygen atoms in total. The molecule has 2 fully saturated rings. The fourth-order valence-corrected chi connectivity index (χ4v) is 4.32. The van der Waals surface area contributed by atoms with Crippen LogP contribution in [0.3, 0.4) is 0 Å². The number of carbonyl (C=O) groups is 1. The van der Waals surface area contributed by atoms with Crippen LogP contribution in [-0.4, -0.2) is 41.0 Å². The van der Waals surface area contributed by atoms with Gasteiger partial charge < -0.3 is 15.0 Å². The van der Waals surface area contributed by atoms with Crippen LogP contribution in [-0.2, 0) is 4.74 Å². The van der Waals surface area contributed by atoms with Crippen LogP contribution >= 0.6 is 11.8 Å². The van der Waals surface area contributed by atoms with Crippen LogP contribution in [0, 0.1) is 0 Å². The minimum atomic E-state index is -0.427. The smallest absolute Gasteiger partial charge is 0.410 e. The molecule has 2 atom stereocenters. The largest absolute Gasteiger partial charge is 0.444 e. The Labute approximate surface area is 149 Å². The SMILES string of the molecule is CSc1cccc(NC2CC3CCC(C2)N3C(=O)OC(C)(C)C)c1. The van der Waals surface area contributed by atoms with Crippen LogP contribution in [0.5, 0.6) is 0 Å². The van der Waals surface area contributed by atoms with Gasteiger partial charge in [-0.1, -0.05) is 6.07 Å². The first-order chi connectivity index (χ1) is 11.4. The van der Waals surface area contributed by atoms with E-state index >= 15 is 0 Å². The summed E-state index contributed by atoms with van der Waals surface area (Å²) >= 11 is 1.76. The number of amides is 1. The molecule has 24 heavy (non-hydrogen) atoms. The molecule has 2 heterocycles. The van der Waals surface area contributed by atoms with Crippen LogP contribution < -0.4 is 5.32 Å². The second-order valence-corrected chi connectivity index (χ2v) is 8.70. The number of ether oxygens (including phenoxy) is 1. The molecule has 0 aromatic heterocycles. The molecule has 1 amide bonds. The first kappa shape index (κ1) is 17.5. The molecule has 2 bridgehead atoms. The van der Waals surface area contributed by atoms with Gasteiger partial charge in [0.25, 0.3) is 0 Å². The van der Waals surface area contributed by atoms with Gasteiger partial charge >= 0.3 is 6.09 Å². The van der Waals surface area contributed by atoms with E-state index in [2.05, 4.69) is 35.8 Å². The van der Waals surface area contributed by atoms with Crippen molar-refractivity contribution < 1.29 is 9.53 Å². The molecule has 1 N–H and O–H groups in total. The number of nitrogens with zero attached hydrogens (tertiary/aromatic N) is 1. The fourth-order valence-electron chi connectivity index (χ4n) is 3.86. The van der Waals surface area contributed by atoms with E-state index in [0.29, 0.717) is 18.1 Å². The van der Waals surface area contributed by atoms with Crippen molar-refractivity contribution in [3.8, 4) is 0 Å². The molecule has 132 valence electrons. The molecule has 2 saturated heterocycles. The Morgan fingerprint density at radius 3 is 2.50 bits per heavy atom. The number of hydrogen-bond acceptors (Lipinski definition) is 4. The van der Waals surface area contributed by atoms with E-state index in [1.807, 2.05) is 25.7 Å². The topological polar surface area (TPSA) is 41.6 Å². The lowest BCUT2D eigenvalue weighted by atomic mass is 9.97. The van der Waals surface area contributed by atoms with Gasteiger partial charge in [-0.3, -0.25) is 0 Å². The lowest BCUT2D eigenvalue weighted by Crippen LogP contribution is -2.51. The van der Waals surface area contributed by atoms with Gasteiger partial charge in [0.05, 0.1) is 0 Å². The van der Waals surface area contributed by atoms with Crippen molar-refractivity contribution in [2.24, 2.45) is 0 Å². The maximum atomic E-state index is 12.5. The summed E-state index contributed by atoms with van der Waals surface area (Å²) in [5, 5.41) is 3.67. The molecular weight excluding hydrogens is 320 g/mol. The maximum absolute atomic E-state index is 12.5. The first-order valence-electron chi connectivity index (χ1n) is 8.77. The lowest BCUT2D eigenvalue weighted by Gasteiger charge is -2.40. The molecule has 2 unspecified atom stereocenters. The van der Waals surface area contributed by atoms with E-state index in [4.69, 9.17) is 4.74 Å². The average Bonchev–Trinajstić information content (AvgIpc) is 2.77. The van der Waals surface area contributed by atoms with Gasteiger partial charge in [0.15, 0.2) is 0 Å². The van der Waals surface area contributed by atoms with Crippen molar-refractivity contribution in [1.29, 1.82) is 0 Å². The second kappa shape index (κ2) is 6.87. The fraction of sp³-hybridized carbons (Fsp3) is 0.632. The third-order valence-electron chi connectivity index (χ3n) is 4.78. The van der Waals surface area contributed by atoms with Crippen LogP contribution in [0.25, 0.3) is 0 Å². The normalized spacial score (nSPS) is 26.3. The minimum Gasteiger partial charge on any atom is -0.444 e. The highest BCUT2D eigenvalue weighted by atomic mass is 32.2. The van der Waals surface area contributed by atoms with E-state index < -0.39 is 5.60 Å². The molecular formula is C19H28N2O2S. The van der Waals surface area contributed by atoms with Crippen molar-refractivity contribution in [2.75, 3.05) is 11.6 Å². The van der Waals surface area contributed by atoms with Crippen LogP contribution in [0.2, 0.25) is 0 Å². The Balaban J connectivity index is 1.63. The predicted octanol–water partition coefficient (Wildman–Crippen LogP) is 4.75. The van der Waals surface area contributed by atoms with Crippen LogP contribution in [0.1, 0.15) is 46.5 Å². The van der Waals surface area contributed by atoms with Crippen molar-refractivity contribution in [1.82, 2.24) is 4.90 Å². The van der Waals surface area contributed by atoms with Crippen molar-refractivity contribution in [3.63, 3.8) is 0 Å². The maximum Gasteiger partial charge on any atom is 0.410 e.